The fourth-order valence-electron chi connectivity index (χ4n) is 1.51. The molecule has 2 aromatic carbocycles. The standard InChI is InChI=1S/C12H8ClIO2/c1-16-12(15)10-5-7-2-3-9(13)4-8(7)6-11(10)14/h2-6H,1H3. The molecule has 2 aromatic rings. The second-order valence-electron chi connectivity index (χ2n) is 3.32. The number of ether oxygens (including phenoxy) is 1. The largest absolute Gasteiger partial charge is 0.465 e. The van der Waals surface area contributed by atoms with Crippen molar-refractivity contribution in [3.8, 4) is 0 Å². The molecular weight excluding hydrogens is 338 g/mol. The molecule has 0 saturated carbocycles. The van der Waals surface area contributed by atoms with Crippen molar-refractivity contribution in [2.24, 2.45) is 0 Å². The molecule has 0 aliphatic carbocycles. The van der Waals surface area contributed by atoms with E-state index in [1.165, 1.54) is 7.11 Å². The summed E-state index contributed by atoms with van der Waals surface area (Å²) in [5, 5.41) is 2.68. The summed E-state index contributed by atoms with van der Waals surface area (Å²) in [4.78, 5) is 11.5. The van der Waals surface area contributed by atoms with E-state index >= 15 is 0 Å². The molecule has 0 bridgehead atoms. The van der Waals surface area contributed by atoms with Crippen LogP contribution in [0.15, 0.2) is 30.3 Å². The molecule has 16 heavy (non-hydrogen) atoms. The lowest BCUT2D eigenvalue weighted by molar-refractivity contribution is 0.0599. The van der Waals surface area contributed by atoms with E-state index in [1.807, 2.05) is 24.3 Å². The van der Waals surface area contributed by atoms with Crippen LogP contribution in [0.25, 0.3) is 10.8 Å². The van der Waals surface area contributed by atoms with Crippen LogP contribution in [-0.4, -0.2) is 13.1 Å². The molecule has 4 heteroatoms. The van der Waals surface area contributed by atoms with Gasteiger partial charge in [-0.05, 0) is 57.6 Å². The van der Waals surface area contributed by atoms with Gasteiger partial charge in [0.25, 0.3) is 0 Å². The summed E-state index contributed by atoms with van der Waals surface area (Å²) in [7, 11) is 1.38. The molecule has 0 aromatic heterocycles. The van der Waals surface area contributed by atoms with Gasteiger partial charge in [-0.1, -0.05) is 17.7 Å². The van der Waals surface area contributed by atoms with Gasteiger partial charge in [0.2, 0.25) is 0 Å². The Balaban J connectivity index is 2.67. The fraction of sp³-hybridized carbons (Fsp3) is 0.0833. The van der Waals surface area contributed by atoms with Crippen LogP contribution in [0.5, 0.6) is 0 Å². The quantitative estimate of drug-likeness (QED) is 0.578. The Bertz CT molecular complexity index is 566. The third-order valence-corrected chi connectivity index (χ3v) is 3.42. The maximum atomic E-state index is 11.5. The first-order valence-corrected chi connectivity index (χ1v) is 6.04. The maximum absolute atomic E-state index is 11.5. The lowest BCUT2D eigenvalue weighted by Crippen LogP contribution is -2.03. The molecule has 2 nitrogen and oxygen atoms in total. The van der Waals surface area contributed by atoms with E-state index in [-0.39, 0.29) is 5.97 Å². The van der Waals surface area contributed by atoms with Gasteiger partial charge in [0.05, 0.1) is 12.7 Å². The third-order valence-electron chi connectivity index (χ3n) is 2.29. The molecule has 0 fully saturated rings. The van der Waals surface area contributed by atoms with E-state index in [0.717, 1.165) is 14.3 Å². The Labute approximate surface area is 112 Å². The van der Waals surface area contributed by atoms with Crippen molar-refractivity contribution in [2.75, 3.05) is 7.11 Å². The van der Waals surface area contributed by atoms with Crippen molar-refractivity contribution in [1.82, 2.24) is 0 Å². The van der Waals surface area contributed by atoms with Gasteiger partial charge in [-0.3, -0.25) is 0 Å². The lowest BCUT2D eigenvalue weighted by atomic mass is 10.1. The zero-order chi connectivity index (χ0) is 11.7. The van der Waals surface area contributed by atoms with Crippen LogP contribution in [0, 0.1) is 3.57 Å². The van der Waals surface area contributed by atoms with E-state index in [9.17, 15) is 4.79 Å². The second kappa shape index (κ2) is 4.59. The number of esters is 1. The van der Waals surface area contributed by atoms with Crippen molar-refractivity contribution in [1.29, 1.82) is 0 Å². The average molecular weight is 347 g/mol. The first-order chi connectivity index (χ1) is 7.61. The summed E-state index contributed by atoms with van der Waals surface area (Å²) in [5.41, 5.74) is 0.581. The van der Waals surface area contributed by atoms with Gasteiger partial charge < -0.3 is 4.74 Å². The van der Waals surface area contributed by atoms with Gasteiger partial charge in [-0.2, -0.15) is 0 Å². The van der Waals surface area contributed by atoms with Gasteiger partial charge in [-0.25, -0.2) is 4.79 Å². The van der Waals surface area contributed by atoms with Crippen molar-refractivity contribution < 1.29 is 9.53 Å². The molecular formula is C12H8ClIO2. The molecule has 0 aliphatic rings. The summed E-state index contributed by atoms with van der Waals surface area (Å²) in [5.74, 6) is -0.318. The zero-order valence-electron chi connectivity index (χ0n) is 8.46. The molecule has 0 unspecified atom stereocenters. The Morgan fingerprint density at radius 1 is 1.25 bits per heavy atom. The van der Waals surface area contributed by atoms with Gasteiger partial charge in [-0.15, -0.1) is 0 Å². The molecule has 0 saturated heterocycles. The highest BCUT2D eigenvalue weighted by Crippen LogP contribution is 2.24. The van der Waals surface area contributed by atoms with E-state index in [1.54, 1.807) is 6.07 Å². The minimum atomic E-state index is -0.318. The molecule has 0 spiro atoms. The average Bonchev–Trinajstić information content (AvgIpc) is 2.27. The van der Waals surface area contributed by atoms with Crippen LogP contribution in [-0.2, 0) is 4.74 Å². The molecule has 82 valence electrons. The minimum Gasteiger partial charge on any atom is -0.465 e. The number of hydrogen-bond acceptors (Lipinski definition) is 2. The molecule has 0 amide bonds. The molecule has 0 heterocycles. The Morgan fingerprint density at radius 2 is 2.00 bits per heavy atom. The second-order valence-corrected chi connectivity index (χ2v) is 4.91. The van der Waals surface area contributed by atoms with Gasteiger partial charge in [0.1, 0.15) is 0 Å². The van der Waals surface area contributed by atoms with Crippen LogP contribution in [0.4, 0.5) is 0 Å². The smallest absolute Gasteiger partial charge is 0.338 e. The highest BCUT2D eigenvalue weighted by Gasteiger charge is 2.11. The first kappa shape index (κ1) is 11.7. The summed E-state index contributed by atoms with van der Waals surface area (Å²) in [6.07, 6.45) is 0. The minimum absolute atomic E-state index is 0.318. The number of carbonyl (C=O) groups excluding carboxylic acids is 1. The van der Waals surface area contributed by atoms with Crippen molar-refractivity contribution in [2.45, 2.75) is 0 Å². The molecule has 0 aliphatic heterocycles. The van der Waals surface area contributed by atoms with Gasteiger partial charge in [0, 0.05) is 8.59 Å². The monoisotopic (exact) mass is 346 g/mol. The fourth-order valence-corrected chi connectivity index (χ4v) is 2.40. The SMILES string of the molecule is COC(=O)c1cc2ccc(Cl)cc2cc1I. The van der Waals surface area contributed by atoms with Crippen LogP contribution in [0.1, 0.15) is 10.4 Å². The zero-order valence-corrected chi connectivity index (χ0v) is 11.4. The topological polar surface area (TPSA) is 26.3 Å². The molecule has 0 atom stereocenters. The number of rotatable bonds is 1. The number of methoxy groups -OCH3 is 1. The predicted molar refractivity (Wildman–Crippen MR) is 73.0 cm³/mol. The summed E-state index contributed by atoms with van der Waals surface area (Å²) in [6.45, 7) is 0. The van der Waals surface area contributed by atoms with Crippen LogP contribution in [0.3, 0.4) is 0 Å². The number of hydrogen-bond donors (Lipinski definition) is 0. The summed E-state index contributed by atoms with van der Waals surface area (Å²) < 4.78 is 5.58. The van der Waals surface area contributed by atoms with E-state index in [0.29, 0.717) is 10.6 Å². The number of fused-ring (bicyclic) bond motifs is 1. The van der Waals surface area contributed by atoms with E-state index in [2.05, 4.69) is 22.6 Å². The number of benzene rings is 2. The van der Waals surface area contributed by atoms with E-state index in [4.69, 9.17) is 16.3 Å². The van der Waals surface area contributed by atoms with E-state index < -0.39 is 0 Å². The van der Waals surface area contributed by atoms with Gasteiger partial charge >= 0.3 is 5.97 Å². The highest BCUT2D eigenvalue weighted by atomic mass is 127. The highest BCUT2D eigenvalue weighted by molar-refractivity contribution is 14.1. The van der Waals surface area contributed by atoms with Crippen LogP contribution >= 0.6 is 34.2 Å². The van der Waals surface area contributed by atoms with Crippen LogP contribution in [0.2, 0.25) is 5.02 Å². The van der Waals surface area contributed by atoms with Crippen molar-refractivity contribution in [3.05, 3.63) is 44.5 Å². The molecule has 2 rings (SSSR count). The molecule has 0 radical (unpaired) electrons. The van der Waals surface area contributed by atoms with Crippen molar-refractivity contribution in [3.63, 3.8) is 0 Å². The van der Waals surface area contributed by atoms with Gasteiger partial charge in [0.15, 0.2) is 0 Å². The first-order valence-electron chi connectivity index (χ1n) is 4.59. The third kappa shape index (κ3) is 2.15. The Kier molecular flexibility index (Phi) is 3.35. The van der Waals surface area contributed by atoms with Crippen LogP contribution < -0.4 is 0 Å². The number of halogens is 2. The summed E-state index contributed by atoms with van der Waals surface area (Å²) in [6, 6.07) is 9.31. The predicted octanol–water partition coefficient (Wildman–Crippen LogP) is 3.88. The maximum Gasteiger partial charge on any atom is 0.338 e. The normalized spacial score (nSPS) is 10.4. The number of carbonyl (C=O) groups is 1. The summed E-state index contributed by atoms with van der Waals surface area (Å²) >= 11 is 8.02. The molecule has 0 N–H and O–H groups in total. The Morgan fingerprint density at radius 3 is 2.69 bits per heavy atom. The lowest BCUT2D eigenvalue weighted by Gasteiger charge is -2.05. The Hall–Kier alpha value is -0.810. The van der Waals surface area contributed by atoms with Crippen molar-refractivity contribution >= 4 is 50.9 Å².